The predicted octanol–water partition coefficient (Wildman–Crippen LogP) is 4.87. The molecule has 2 N–H and O–H groups in total. The second kappa shape index (κ2) is 27.9. The minimum Gasteiger partial charge on any atom is -1.00 e. The molecule has 0 spiro atoms. The van der Waals surface area contributed by atoms with Crippen molar-refractivity contribution >= 4 is 0 Å². The summed E-state index contributed by atoms with van der Waals surface area (Å²) in [6.07, 6.45) is 26.5. The van der Waals surface area contributed by atoms with Crippen LogP contribution in [0.4, 0.5) is 0 Å². The summed E-state index contributed by atoms with van der Waals surface area (Å²) < 4.78 is 1.00. The molecule has 0 aliphatic carbocycles. The minimum atomic E-state index is 0. The van der Waals surface area contributed by atoms with E-state index < -0.39 is 0 Å². The molecule has 0 aliphatic heterocycles. The van der Waals surface area contributed by atoms with E-state index in [4.69, 9.17) is 5.73 Å². The summed E-state index contributed by atoms with van der Waals surface area (Å²) >= 11 is 0. The first kappa shape index (κ1) is 33.6. The Hall–Kier alpha value is -0.0500. The summed E-state index contributed by atoms with van der Waals surface area (Å²) in [5, 5.41) is 0. The monoisotopic (exact) mass is 432 g/mol. The Balaban J connectivity index is -0.000000525. The van der Waals surface area contributed by atoms with Gasteiger partial charge < -0.3 is 22.6 Å². The number of hydrogen-bond acceptors (Lipinski definition) is 1. The number of hydrogen-bond donors (Lipinski definition) is 1. The van der Waals surface area contributed by atoms with E-state index in [2.05, 4.69) is 34.5 Å². The zero-order chi connectivity index (χ0) is 21.3. The van der Waals surface area contributed by atoms with Crippen LogP contribution in [0.2, 0.25) is 0 Å². The average Bonchev–Trinajstić information content (AvgIpc) is 2.67. The lowest BCUT2D eigenvalue weighted by Crippen LogP contribution is -3.00. The number of quaternary nitrogens is 1. The number of nitrogens with zero attached hydrogens (tertiary/aromatic N) is 1. The Morgan fingerprint density at radius 1 is 0.621 bits per heavy atom. The molecule has 0 heterocycles. The highest BCUT2D eigenvalue weighted by atomic mass is 35.5. The van der Waals surface area contributed by atoms with Crippen molar-refractivity contribution in [3.05, 3.63) is 12.7 Å². The molecule has 0 aromatic rings. The van der Waals surface area contributed by atoms with Crippen molar-refractivity contribution < 1.29 is 16.9 Å². The average molecular weight is 433 g/mol. The molecule has 2 nitrogen and oxygen atoms in total. The molecule has 0 atom stereocenters. The van der Waals surface area contributed by atoms with Gasteiger partial charge in [0.05, 0.1) is 27.2 Å². The van der Waals surface area contributed by atoms with Crippen LogP contribution in [0.1, 0.15) is 123 Å². The van der Waals surface area contributed by atoms with Crippen LogP contribution in [0, 0.1) is 0 Å². The molecule has 3 heteroatoms. The van der Waals surface area contributed by atoms with Crippen LogP contribution < -0.4 is 18.1 Å². The minimum absolute atomic E-state index is 0. The molecule has 29 heavy (non-hydrogen) atoms. The zero-order valence-electron chi connectivity index (χ0n) is 20.8. The van der Waals surface area contributed by atoms with Gasteiger partial charge in [-0.3, -0.25) is 0 Å². The Morgan fingerprint density at radius 3 is 1.17 bits per heavy atom. The first-order valence-electron chi connectivity index (χ1n) is 12.7. The van der Waals surface area contributed by atoms with Crippen LogP contribution in [-0.2, 0) is 0 Å². The van der Waals surface area contributed by atoms with Crippen molar-refractivity contribution in [1.29, 1.82) is 0 Å². The van der Waals surface area contributed by atoms with Crippen molar-refractivity contribution in [2.24, 2.45) is 5.73 Å². The van der Waals surface area contributed by atoms with E-state index in [1.165, 1.54) is 103 Å². The van der Waals surface area contributed by atoms with Crippen molar-refractivity contribution in [1.82, 2.24) is 0 Å². The molecule has 0 aromatic heterocycles. The fourth-order valence-electron chi connectivity index (χ4n) is 3.58. The first-order chi connectivity index (χ1) is 13.5. The molecule has 0 aromatic carbocycles. The van der Waals surface area contributed by atoms with Gasteiger partial charge >= 0.3 is 0 Å². The molecule has 178 valence electrons. The highest BCUT2D eigenvalue weighted by Gasteiger charge is 2.10. The van der Waals surface area contributed by atoms with Gasteiger partial charge in [0.1, 0.15) is 0 Å². The summed E-state index contributed by atoms with van der Waals surface area (Å²) in [6.45, 7) is 11.3. The molecule has 0 amide bonds. The number of unbranched alkanes of at least 4 members (excludes halogenated alkanes) is 15. The van der Waals surface area contributed by atoms with Gasteiger partial charge in [-0.05, 0) is 12.6 Å². The maximum absolute atomic E-state index is 5.40. The number of nitrogens with two attached hydrogens (primary N) is 1. The van der Waals surface area contributed by atoms with E-state index in [0.717, 1.165) is 30.5 Å². The SMILES string of the molecule is C=CC[N+](C)(C)CCCN.CCCCCCCCCCCCCCCCCC.[Cl-]. The number of likely N-dealkylation sites (N-methyl/N-ethyl adjacent to an activating group) is 1. The lowest BCUT2D eigenvalue weighted by Gasteiger charge is -2.27. The molecule has 0 saturated carbocycles. The highest BCUT2D eigenvalue weighted by molar-refractivity contribution is 4.64. The number of rotatable bonds is 20. The van der Waals surface area contributed by atoms with Gasteiger partial charge in [0.25, 0.3) is 0 Å². The van der Waals surface area contributed by atoms with Gasteiger partial charge in [-0.2, -0.15) is 0 Å². The topological polar surface area (TPSA) is 26.0 Å². The van der Waals surface area contributed by atoms with E-state index in [1.54, 1.807) is 0 Å². The third kappa shape index (κ3) is 32.8. The fraction of sp³-hybridized carbons (Fsp3) is 0.923. The van der Waals surface area contributed by atoms with Crippen LogP contribution in [0.5, 0.6) is 0 Å². The number of halogens is 1. The second-order valence-electron chi connectivity index (χ2n) is 9.22. The molecule has 0 rings (SSSR count). The fourth-order valence-corrected chi connectivity index (χ4v) is 3.58. The standard InChI is InChI=1S/C18H38.C8H19N2.ClH/c1-3-5-7-9-11-13-15-17-18-16-14-12-10-8-6-4-2;1-4-7-10(2,3)8-5-6-9;/h3-18H2,1-2H3;4H,1,5-9H2,2-3H3;1H/q;+1;/p-1. The van der Waals surface area contributed by atoms with Gasteiger partial charge in [0.2, 0.25) is 0 Å². The third-order valence-corrected chi connectivity index (χ3v) is 5.55. The van der Waals surface area contributed by atoms with Gasteiger partial charge in [0, 0.05) is 6.42 Å². The molecular weight excluding hydrogens is 376 g/mol. The first-order valence-corrected chi connectivity index (χ1v) is 12.7. The molecule has 0 aliphatic rings. The van der Waals surface area contributed by atoms with Crippen LogP contribution in [0.3, 0.4) is 0 Å². The summed E-state index contributed by atoms with van der Waals surface area (Å²) in [5.41, 5.74) is 5.40. The van der Waals surface area contributed by atoms with Crippen molar-refractivity contribution in [3.63, 3.8) is 0 Å². The summed E-state index contributed by atoms with van der Waals surface area (Å²) in [4.78, 5) is 0. The maximum atomic E-state index is 5.40. The van der Waals surface area contributed by atoms with Crippen LogP contribution in [0.15, 0.2) is 12.7 Å². The zero-order valence-corrected chi connectivity index (χ0v) is 21.6. The summed E-state index contributed by atoms with van der Waals surface area (Å²) in [7, 11) is 4.38. The van der Waals surface area contributed by atoms with E-state index >= 15 is 0 Å². The van der Waals surface area contributed by atoms with E-state index in [9.17, 15) is 0 Å². The summed E-state index contributed by atoms with van der Waals surface area (Å²) in [5.74, 6) is 0. The smallest absolute Gasteiger partial charge is 0.0966 e. The Labute approximate surface area is 192 Å². The van der Waals surface area contributed by atoms with Crippen molar-refractivity contribution in [2.75, 3.05) is 33.7 Å². The maximum Gasteiger partial charge on any atom is 0.0966 e. The van der Waals surface area contributed by atoms with Gasteiger partial charge in [-0.15, -0.1) is 0 Å². The molecule has 0 fully saturated rings. The largest absolute Gasteiger partial charge is 1.00 e. The lowest BCUT2D eigenvalue weighted by molar-refractivity contribution is -0.884. The third-order valence-electron chi connectivity index (χ3n) is 5.55. The van der Waals surface area contributed by atoms with Gasteiger partial charge in [-0.25, -0.2) is 0 Å². The van der Waals surface area contributed by atoms with Crippen LogP contribution in [0.25, 0.3) is 0 Å². The Morgan fingerprint density at radius 2 is 0.931 bits per heavy atom. The molecule has 0 radical (unpaired) electrons. The molecule has 0 saturated heterocycles. The molecular formula is C26H57ClN2. The predicted molar refractivity (Wildman–Crippen MR) is 131 cm³/mol. The van der Waals surface area contributed by atoms with Crippen LogP contribution in [-0.4, -0.2) is 38.2 Å². The van der Waals surface area contributed by atoms with E-state index in [-0.39, 0.29) is 12.4 Å². The summed E-state index contributed by atoms with van der Waals surface area (Å²) in [6, 6.07) is 0. The quantitative estimate of drug-likeness (QED) is 0.166. The normalized spacial score (nSPS) is 10.8. The molecule has 0 unspecified atom stereocenters. The van der Waals surface area contributed by atoms with E-state index in [1.807, 2.05) is 6.08 Å². The van der Waals surface area contributed by atoms with E-state index in [0.29, 0.717) is 0 Å². The Bertz CT molecular complexity index is 276. The van der Waals surface area contributed by atoms with Crippen LogP contribution >= 0.6 is 0 Å². The highest BCUT2D eigenvalue weighted by Crippen LogP contribution is 2.13. The second-order valence-corrected chi connectivity index (χ2v) is 9.22. The van der Waals surface area contributed by atoms with Gasteiger partial charge in [0.15, 0.2) is 0 Å². The van der Waals surface area contributed by atoms with Crippen molar-refractivity contribution in [2.45, 2.75) is 123 Å². The lowest BCUT2D eigenvalue weighted by atomic mass is 10.0. The van der Waals surface area contributed by atoms with Gasteiger partial charge in [-0.1, -0.05) is 123 Å². The Kier molecular flexibility index (Phi) is 32.4. The van der Waals surface area contributed by atoms with Crippen molar-refractivity contribution in [3.8, 4) is 0 Å². The molecule has 0 bridgehead atoms.